The highest BCUT2D eigenvalue weighted by Crippen LogP contribution is 2.24. The molecule has 1 N–H and O–H groups in total. The molecular weight excluding hydrogens is 224 g/mol. The maximum atomic E-state index is 10.8. The molecular formula is C11H10N2O4. The van der Waals surface area contributed by atoms with E-state index in [-0.39, 0.29) is 12.1 Å². The van der Waals surface area contributed by atoms with Crippen LogP contribution in [0.1, 0.15) is 10.4 Å². The number of nitro benzene ring substituents is 1. The van der Waals surface area contributed by atoms with E-state index in [4.69, 9.17) is 11.5 Å². The van der Waals surface area contributed by atoms with Gasteiger partial charge in [0.25, 0.3) is 5.69 Å². The number of nitro groups is 1. The van der Waals surface area contributed by atoms with Crippen LogP contribution in [0.2, 0.25) is 0 Å². The van der Waals surface area contributed by atoms with Gasteiger partial charge in [0, 0.05) is 18.8 Å². The predicted molar refractivity (Wildman–Crippen MR) is 62.2 cm³/mol. The van der Waals surface area contributed by atoms with Crippen LogP contribution < -0.4 is 4.90 Å². The molecule has 0 radical (unpaired) electrons. The number of aromatic carboxylic acids is 1. The normalized spacial score (nSPS) is 9.41. The summed E-state index contributed by atoms with van der Waals surface area (Å²) in [6.45, 7) is 0.281. The maximum Gasteiger partial charge on any atom is 0.342 e. The number of hydrogen-bond donors (Lipinski definition) is 1. The summed E-state index contributed by atoms with van der Waals surface area (Å²) in [5.41, 5.74) is -0.286. The Labute approximate surface area is 97.6 Å². The Balaban J connectivity index is 3.24. The lowest BCUT2D eigenvalue weighted by molar-refractivity contribution is -0.385. The number of terminal acetylenes is 1. The Morgan fingerprint density at radius 2 is 2.29 bits per heavy atom. The van der Waals surface area contributed by atoms with Gasteiger partial charge in [0.1, 0.15) is 5.56 Å². The smallest absolute Gasteiger partial charge is 0.342 e. The Morgan fingerprint density at radius 3 is 2.76 bits per heavy atom. The summed E-state index contributed by atoms with van der Waals surface area (Å²) in [4.78, 5) is 22.4. The first-order valence-electron chi connectivity index (χ1n) is 4.63. The zero-order chi connectivity index (χ0) is 13.0. The van der Waals surface area contributed by atoms with Crippen molar-refractivity contribution >= 4 is 17.3 Å². The quantitative estimate of drug-likeness (QED) is 0.483. The van der Waals surface area contributed by atoms with Crippen LogP contribution >= 0.6 is 0 Å². The van der Waals surface area contributed by atoms with Gasteiger partial charge in [0.15, 0.2) is 0 Å². The van der Waals surface area contributed by atoms with Crippen LogP contribution in [0.25, 0.3) is 0 Å². The van der Waals surface area contributed by atoms with Crippen LogP contribution in [-0.4, -0.2) is 29.6 Å². The van der Waals surface area contributed by atoms with Crippen LogP contribution in [0.4, 0.5) is 11.4 Å². The fourth-order valence-electron chi connectivity index (χ4n) is 1.32. The molecule has 0 aliphatic heterocycles. The highest BCUT2D eigenvalue weighted by Gasteiger charge is 2.20. The van der Waals surface area contributed by atoms with E-state index in [0.29, 0.717) is 5.69 Å². The number of benzene rings is 1. The monoisotopic (exact) mass is 234 g/mol. The van der Waals surface area contributed by atoms with Gasteiger partial charge in [-0.05, 0) is 12.1 Å². The molecule has 0 heterocycles. The SMILES string of the molecule is C#CCN(C)c1ccc(C(=O)O)c([N+](=O)[O-])c1. The second kappa shape index (κ2) is 4.99. The van der Waals surface area contributed by atoms with Crippen molar-refractivity contribution in [3.05, 3.63) is 33.9 Å². The van der Waals surface area contributed by atoms with Crippen LogP contribution in [0.15, 0.2) is 18.2 Å². The number of carbonyl (C=O) groups is 1. The zero-order valence-corrected chi connectivity index (χ0v) is 9.08. The Morgan fingerprint density at radius 1 is 1.65 bits per heavy atom. The van der Waals surface area contributed by atoms with Crippen LogP contribution in [-0.2, 0) is 0 Å². The molecule has 88 valence electrons. The van der Waals surface area contributed by atoms with Crippen molar-refractivity contribution in [3.63, 3.8) is 0 Å². The van der Waals surface area contributed by atoms with Gasteiger partial charge in [-0.1, -0.05) is 5.92 Å². The lowest BCUT2D eigenvalue weighted by Gasteiger charge is -2.15. The Kier molecular flexibility index (Phi) is 3.67. The van der Waals surface area contributed by atoms with Gasteiger partial charge in [-0.15, -0.1) is 6.42 Å². The Bertz CT molecular complexity index is 505. The lowest BCUT2D eigenvalue weighted by Crippen LogP contribution is -2.17. The second-order valence-corrected chi connectivity index (χ2v) is 3.32. The topological polar surface area (TPSA) is 83.7 Å². The van der Waals surface area contributed by atoms with Gasteiger partial charge in [-0.25, -0.2) is 4.79 Å². The predicted octanol–water partition coefficient (Wildman–Crippen LogP) is 1.36. The molecule has 0 amide bonds. The van der Waals surface area contributed by atoms with Crippen molar-refractivity contribution in [1.29, 1.82) is 0 Å². The van der Waals surface area contributed by atoms with E-state index < -0.39 is 16.6 Å². The van der Waals surface area contributed by atoms with Gasteiger partial charge >= 0.3 is 5.97 Å². The molecule has 6 nitrogen and oxygen atoms in total. The molecule has 0 bridgehead atoms. The molecule has 0 saturated heterocycles. The highest BCUT2D eigenvalue weighted by atomic mass is 16.6. The van der Waals surface area contributed by atoms with E-state index in [0.717, 1.165) is 0 Å². The summed E-state index contributed by atoms with van der Waals surface area (Å²) >= 11 is 0. The average Bonchev–Trinajstić information content (AvgIpc) is 2.28. The van der Waals surface area contributed by atoms with Crippen molar-refractivity contribution in [2.45, 2.75) is 0 Å². The van der Waals surface area contributed by atoms with Crippen molar-refractivity contribution in [2.24, 2.45) is 0 Å². The van der Waals surface area contributed by atoms with Crippen molar-refractivity contribution in [3.8, 4) is 12.3 Å². The molecule has 0 unspecified atom stereocenters. The summed E-state index contributed by atoms with van der Waals surface area (Å²) in [7, 11) is 1.67. The third-order valence-corrected chi connectivity index (χ3v) is 2.18. The van der Waals surface area contributed by atoms with Crippen molar-refractivity contribution in [2.75, 3.05) is 18.5 Å². The number of carboxylic acid groups (broad SMARTS) is 1. The minimum absolute atomic E-state index is 0.281. The van der Waals surface area contributed by atoms with Crippen LogP contribution in [0, 0.1) is 22.5 Å². The minimum atomic E-state index is -1.33. The fraction of sp³-hybridized carbons (Fsp3) is 0.182. The zero-order valence-electron chi connectivity index (χ0n) is 9.08. The van der Waals surface area contributed by atoms with E-state index in [1.54, 1.807) is 11.9 Å². The first-order valence-corrected chi connectivity index (χ1v) is 4.63. The van der Waals surface area contributed by atoms with Gasteiger partial charge in [0.05, 0.1) is 11.5 Å². The third-order valence-electron chi connectivity index (χ3n) is 2.18. The fourth-order valence-corrected chi connectivity index (χ4v) is 1.32. The third kappa shape index (κ3) is 2.72. The molecule has 1 aromatic rings. The minimum Gasteiger partial charge on any atom is -0.477 e. The molecule has 0 aromatic heterocycles. The highest BCUT2D eigenvalue weighted by molar-refractivity contribution is 5.93. The summed E-state index contributed by atoms with van der Waals surface area (Å²) in [6.07, 6.45) is 5.12. The molecule has 1 aromatic carbocycles. The molecule has 0 saturated carbocycles. The average molecular weight is 234 g/mol. The summed E-state index contributed by atoms with van der Waals surface area (Å²) in [5.74, 6) is 1.06. The number of carboxylic acids is 1. The molecule has 0 aliphatic rings. The summed E-state index contributed by atoms with van der Waals surface area (Å²) in [5, 5.41) is 19.5. The first-order chi connectivity index (χ1) is 7.97. The van der Waals surface area contributed by atoms with E-state index in [1.165, 1.54) is 18.2 Å². The van der Waals surface area contributed by atoms with Crippen LogP contribution in [0.3, 0.4) is 0 Å². The van der Waals surface area contributed by atoms with E-state index in [1.807, 2.05) is 0 Å². The standard InChI is InChI=1S/C11H10N2O4/c1-3-6-12(2)8-4-5-9(11(14)15)10(7-8)13(16)17/h1,4-5,7H,6H2,2H3,(H,14,15). The van der Waals surface area contributed by atoms with Crippen molar-refractivity contribution < 1.29 is 14.8 Å². The maximum absolute atomic E-state index is 10.8. The van der Waals surface area contributed by atoms with E-state index in [2.05, 4.69) is 5.92 Å². The first kappa shape index (κ1) is 12.5. The van der Waals surface area contributed by atoms with E-state index >= 15 is 0 Å². The molecule has 0 fully saturated rings. The number of nitrogens with zero attached hydrogens (tertiary/aromatic N) is 2. The molecule has 0 spiro atoms. The number of rotatable bonds is 4. The van der Waals surface area contributed by atoms with Gasteiger partial charge in [0.2, 0.25) is 0 Å². The molecule has 0 atom stereocenters. The molecule has 6 heteroatoms. The van der Waals surface area contributed by atoms with Crippen LogP contribution in [0.5, 0.6) is 0 Å². The molecule has 17 heavy (non-hydrogen) atoms. The van der Waals surface area contributed by atoms with Crippen molar-refractivity contribution in [1.82, 2.24) is 0 Å². The summed E-state index contributed by atoms with van der Waals surface area (Å²) in [6, 6.07) is 3.87. The second-order valence-electron chi connectivity index (χ2n) is 3.32. The Hall–Kier alpha value is -2.55. The van der Waals surface area contributed by atoms with Gasteiger partial charge in [-0.3, -0.25) is 10.1 Å². The molecule has 0 aliphatic carbocycles. The largest absolute Gasteiger partial charge is 0.477 e. The van der Waals surface area contributed by atoms with Gasteiger partial charge in [-0.2, -0.15) is 0 Å². The van der Waals surface area contributed by atoms with Gasteiger partial charge < -0.3 is 10.0 Å². The van der Waals surface area contributed by atoms with E-state index in [9.17, 15) is 14.9 Å². The number of anilines is 1. The molecule has 1 rings (SSSR count). The number of hydrogen-bond acceptors (Lipinski definition) is 4. The summed E-state index contributed by atoms with van der Waals surface area (Å²) < 4.78 is 0. The lowest BCUT2D eigenvalue weighted by atomic mass is 10.1.